The fraction of sp³-hybridized carbons (Fsp3) is 0.474. The molecule has 3 rings (SSSR count). The largest absolute Gasteiger partial charge is 0.496 e. The molecular formula is C19H26N4O2. The van der Waals surface area contributed by atoms with Crippen molar-refractivity contribution in [2.24, 2.45) is 0 Å². The van der Waals surface area contributed by atoms with Gasteiger partial charge in [-0.1, -0.05) is 17.7 Å². The van der Waals surface area contributed by atoms with Crippen LogP contribution in [0.15, 0.2) is 24.4 Å². The van der Waals surface area contributed by atoms with E-state index in [1.807, 2.05) is 31.3 Å². The summed E-state index contributed by atoms with van der Waals surface area (Å²) in [5.41, 5.74) is 2.96. The molecule has 0 spiro atoms. The summed E-state index contributed by atoms with van der Waals surface area (Å²) < 4.78 is 5.33. The number of amides is 1. The SMILES string of the molecule is COc1ccc(C)cc1CC(=O)NCc1cnc([C@H]2CCN(C)C2)[nH]1. The van der Waals surface area contributed by atoms with E-state index in [4.69, 9.17) is 4.74 Å². The highest BCUT2D eigenvalue weighted by molar-refractivity contribution is 5.79. The number of likely N-dealkylation sites (tertiary alicyclic amines) is 1. The maximum atomic E-state index is 12.3. The van der Waals surface area contributed by atoms with Gasteiger partial charge in [-0.15, -0.1) is 0 Å². The van der Waals surface area contributed by atoms with Gasteiger partial charge in [0.2, 0.25) is 5.91 Å². The Morgan fingerprint density at radius 2 is 2.32 bits per heavy atom. The first-order valence-corrected chi connectivity index (χ1v) is 8.67. The van der Waals surface area contributed by atoms with E-state index in [9.17, 15) is 4.79 Å². The molecule has 2 heterocycles. The average molecular weight is 342 g/mol. The van der Waals surface area contributed by atoms with Gasteiger partial charge in [0.05, 0.1) is 32.0 Å². The number of aromatic amines is 1. The quantitative estimate of drug-likeness (QED) is 0.842. The lowest BCUT2D eigenvalue weighted by atomic mass is 10.1. The Hall–Kier alpha value is -2.34. The first-order valence-electron chi connectivity index (χ1n) is 8.67. The number of nitrogens with one attached hydrogen (secondary N) is 2. The van der Waals surface area contributed by atoms with Gasteiger partial charge in [0.25, 0.3) is 0 Å². The predicted octanol–water partition coefficient (Wildman–Crippen LogP) is 2.00. The molecule has 1 aromatic heterocycles. The summed E-state index contributed by atoms with van der Waals surface area (Å²) in [6, 6.07) is 5.87. The standard InChI is InChI=1S/C19H26N4O2/c1-13-4-5-17(25-3)15(8-13)9-18(24)20-10-16-11-21-19(22-16)14-6-7-23(2)12-14/h4-5,8,11,14H,6-7,9-10,12H2,1-3H3,(H,20,24)(H,21,22)/t14-/m0/s1. The Morgan fingerprint density at radius 1 is 1.48 bits per heavy atom. The summed E-state index contributed by atoms with van der Waals surface area (Å²) in [5.74, 6) is 2.20. The van der Waals surface area contributed by atoms with Crippen molar-refractivity contribution in [3.63, 3.8) is 0 Å². The van der Waals surface area contributed by atoms with Crippen molar-refractivity contribution >= 4 is 5.91 Å². The van der Waals surface area contributed by atoms with Crippen LogP contribution in [-0.4, -0.2) is 48.0 Å². The summed E-state index contributed by atoms with van der Waals surface area (Å²) in [7, 11) is 3.75. The van der Waals surface area contributed by atoms with Crippen molar-refractivity contribution in [3.05, 3.63) is 47.0 Å². The van der Waals surface area contributed by atoms with Gasteiger partial charge >= 0.3 is 0 Å². The van der Waals surface area contributed by atoms with E-state index in [-0.39, 0.29) is 5.91 Å². The van der Waals surface area contributed by atoms with E-state index in [0.29, 0.717) is 18.9 Å². The van der Waals surface area contributed by atoms with Crippen molar-refractivity contribution in [2.75, 3.05) is 27.2 Å². The molecule has 0 bridgehead atoms. The molecule has 2 N–H and O–H groups in total. The number of rotatable bonds is 6. The lowest BCUT2D eigenvalue weighted by molar-refractivity contribution is -0.120. The zero-order chi connectivity index (χ0) is 17.8. The van der Waals surface area contributed by atoms with E-state index in [0.717, 1.165) is 47.9 Å². The number of hydrogen-bond acceptors (Lipinski definition) is 4. The molecule has 1 fully saturated rings. The maximum absolute atomic E-state index is 12.3. The molecule has 6 heteroatoms. The fourth-order valence-electron chi connectivity index (χ4n) is 3.31. The molecule has 0 radical (unpaired) electrons. The van der Waals surface area contributed by atoms with Crippen LogP contribution >= 0.6 is 0 Å². The van der Waals surface area contributed by atoms with E-state index in [1.54, 1.807) is 7.11 Å². The molecule has 25 heavy (non-hydrogen) atoms. The van der Waals surface area contributed by atoms with Gasteiger partial charge in [0, 0.05) is 18.0 Å². The summed E-state index contributed by atoms with van der Waals surface area (Å²) >= 11 is 0. The van der Waals surface area contributed by atoms with Crippen LogP contribution in [0.2, 0.25) is 0 Å². The number of imidazole rings is 1. The monoisotopic (exact) mass is 342 g/mol. The van der Waals surface area contributed by atoms with Crippen molar-refractivity contribution in [1.82, 2.24) is 20.2 Å². The third-order valence-corrected chi connectivity index (χ3v) is 4.69. The van der Waals surface area contributed by atoms with Crippen molar-refractivity contribution < 1.29 is 9.53 Å². The van der Waals surface area contributed by atoms with Gasteiger partial charge in [-0.2, -0.15) is 0 Å². The third-order valence-electron chi connectivity index (χ3n) is 4.69. The van der Waals surface area contributed by atoms with Crippen LogP contribution in [0.3, 0.4) is 0 Å². The van der Waals surface area contributed by atoms with Crippen molar-refractivity contribution in [2.45, 2.75) is 32.2 Å². The molecule has 2 aromatic rings. The molecule has 6 nitrogen and oxygen atoms in total. The van der Waals surface area contributed by atoms with Crippen molar-refractivity contribution in [1.29, 1.82) is 0 Å². The van der Waals surface area contributed by atoms with Crippen LogP contribution in [0.5, 0.6) is 5.75 Å². The van der Waals surface area contributed by atoms with Crippen LogP contribution in [0.4, 0.5) is 0 Å². The van der Waals surface area contributed by atoms with Gasteiger partial charge in [0.1, 0.15) is 11.6 Å². The molecule has 0 aliphatic carbocycles. The second-order valence-corrected chi connectivity index (χ2v) is 6.81. The fourth-order valence-corrected chi connectivity index (χ4v) is 3.31. The number of hydrogen-bond donors (Lipinski definition) is 2. The lowest BCUT2D eigenvalue weighted by Gasteiger charge is -2.10. The molecule has 1 aliphatic rings. The Bertz CT molecular complexity index is 741. The highest BCUT2D eigenvalue weighted by Gasteiger charge is 2.23. The highest BCUT2D eigenvalue weighted by atomic mass is 16.5. The number of carbonyl (C=O) groups excluding carboxylic acids is 1. The summed E-state index contributed by atoms with van der Waals surface area (Å²) in [6.07, 6.45) is 3.25. The van der Waals surface area contributed by atoms with E-state index in [1.165, 1.54) is 0 Å². The Labute approximate surface area is 148 Å². The lowest BCUT2D eigenvalue weighted by Crippen LogP contribution is -2.25. The number of aromatic nitrogens is 2. The number of methoxy groups -OCH3 is 1. The number of aryl methyl sites for hydroxylation is 1. The van der Waals surface area contributed by atoms with Gasteiger partial charge in [0.15, 0.2) is 0 Å². The molecule has 0 saturated carbocycles. The van der Waals surface area contributed by atoms with E-state index in [2.05, 4.69) is 27.2 Å². The Morgan fingerprint density at radius 3 is 3.04 bits per heavy atom. The smallest absolute Gasteiger partial charge is 0.224 e. The first-order chi connectivity index (χ1) is 12.0. The molecule has 1 atom stereocenters. The third kappa shape index (κ3) is 4.39. The van der Waals surface area contributed by atoms with Gasteiger partial charge in [-0.3, -0.25) is 4.79 Å². The van der Waals surface area contributed by atoms with E-state index < -0.39 is 0 Å². The molecule has 0 unspecified atom stereocenters. The first kappa shape index (κ1) is 17.5. The number of benzene rings is 1. The van der Waals surface area contributed by atoms with Crippen LogP contribution in [0, 0.1) is 6.92 Å². The van der Waals surface area contributed by atoms with Crippen molar-refractivity contribution in [3.8, 4) is 5.75 Å². The Balaban J connectivity index is 1.54. The Kier molecular flexibility index (Phi) is 5.38. The number of carbonyl (C=O) groups is 1. The predicted molar refractivity (Wildman–Crippen MR) is 96.7 cm³/mol. The van der Waals surface area contributed by atoms with Crippen LogP contribution in [-0.2, 0) is 17.8 Å². The molecule has 1 saturated heterocycles. The highest BCUT2D eigenvalue weighted by Crippen LogP contribution is 2.23. The zero-order valence-corrected chi connectivity index (χ0v) is 15.1. The van der Waals surface area contributed by atoms with Crippen LogP contribution in [0.1, 0.15) is 35.0 Å². The number of nitrogens with zero attached hydrogens (tertiary/aromatic N) is 2. The van der Waals surface area contributed by atoms with Crippen LogP contribution < -0.4 is 10.1 Å². The number of H-pyrrole nitrogens is 1. The average Bonchev–Trinajstić information content (AvgIpc) is 3.22. The minimum absolute atomic E-state index is 0.0272. The summed E-state index contributed by atoms with van der Waals surface area (Å²) in [6.45, 7) is 4.61. The molecule has 1 aromatic carbocycles. The molecule has 1 aliphatic heterocycles. The van der Waals surface area contributed by atoms with Gasteiger partial charge in [-0.05, 0) is 33.0 Å². The summed E-state index contributed by atoms with van der Waals surface area (Å²) in [4.78, 5) is 22.4. The zero-order valence-electron chi connectivity index (χ0n) is 15.1. The van der Waals surface area contributed by atoms with Gasteiger partial charge < -0.3 is 19.9 Å². The number of likely N-dealkylation sites (N-methyl/N-ethyl adjacent to an activating group) is 1. The molecule has 1 amide bonds. The minimum atomic E-state index is -0.0272. The number of ether oxygens (including phenoxy) is 1. The maximum Gasteiger partial charge on any atom is 0.224 e. The molecule has 134 valence electrons. The topological polar surface area (TPSA) is 70.2 Å². The molecular weight excluding hydrogens is 316 g/mol. The normalized spacial score (nSPS) is 17.6. The second kappa shape index (κ2) is 7.70. The van der Waals surface area contributed by atoms with Gasteiger partial charge in [-0.25, -0.2) is 4.98 Å². The minimum Gasteiger partial charge on any atom is -0.496 e. The van der Waals surface area contributed by atoms with E-state index >= 15 is 0 Å². The summed E-state index contributed by atoms with van der Waals surface area (Å²) in [5, 5.41) is 2.95. The second-order valence-electron chi connectivity index (χ2n) is 6.81. The van der Waals surface area contributed by atoms with Crippen LogP contribution in [0.25, 0.3) is 0 Å².